The fourth-order valence-corrected chi connectivity index (χ4v) is 6.28. The quantitative estimate of drug-likeness (QED) is 0.415. The van der Waals surface area contributed by atoms with Gasteiger partial charge in [-0.3, -0.25) is 0 Å². The summed E-state index contributed by atoms with van der Waals surface area (Å²) >= 11 is 0. The van der Waals surface area contributed by atoms with Crippen molar-refractivity contribution in [3.63, 3.8) is 0 Å². The van der Waals surface area contributed by atoms with Gasteiger partial charge in [-0.2, -0.15) is 10.5 Å². The zero-order valence-electron chi connectivity index (χ0n) is 20.9. The average molecular weight is 472 g/mol. The summed E-state index contributed by atoms with van der Waals surface area (Å²) in [5.41, 5.74) is 1.34. The van der Waals surface area contributed by atoms with Gasteiger partial charge in [-0.25, -0.2) is 0 Å². The van der Waals surface area contributed by atoms with Crippen LogP contribution in [0.15, 0.2) is 54.6 Å². The lowest BCUT2D eigenvalue weighted by Crippen LogP contribution is -2.49. The molecule has 2 aromatic carbocycles. The molecule has 5 nitrogen and oxygen atoms in total. The molecule has 1 aliphatic heterocycles. The van der Waals surface area contributed by atoms with Gasteiger partial charge in [0.05, 0.1) is 35.8 Å². The van der Waals surface area contributed by atoms with Gasteiger partial charge >= 0.3 is 0 Å². The molecule has 1 saturated carbocycles. The van der Waals surface area contributed by atoms with Crippen LogP contribution in [-0.2, 0) is 10.2 Å². The smallest absolute Gasteiger partial charge is 0.119 e. The number of nitrogens with zero attached hydrogens (tertiary/aromatic N) is 3. The lowest BCUT2D eigenvalue weighted by Gasteiger charge is -2.46. The second kappa shape index (κ2) is 12.2. The van der Waals surface area contributed by atoms with Crippen molar-refractivity contribution in [2.45, 2.75) is 57.0 Å². The molecule has 1 heterocycles. The number of ether oxygens (including phenoxy) is 2. The van der Waals surface area contributed by atoms with Gasteiger partial charge in [0, 0.05) is 19.1 Å². The van der Waals surface area contributed by atoms with E-state index in [0.717, 1.165) is 63.9 Å². The number of likely N-dealkylation sites (tertiary alicyclic amines) is 1. The van der Waals surface area contributed by atoms with E-state index in [2.05, 4.69) is 48.2 Å². The molecule has 2 fully saturated rings. The van der Waals surface area contributed by atoms with Crippen molar-refractivity contribution >= 4 is 0 Å². The highest BCUT2D eigenvalue weighted by Crippen LogP contribution is 2.50. The van der Waals surface area contributed by atoms with Crippen LogP contribution in [0.5, 0.6) is 5.75 Å². The van der Waals surface area contributed by atoms with Crippen LogP contribution in [0.4, 0.5) is 0 Å². The van der Waals surface area contributed by atoms with E-state index in [1.807, 2.05) is 18.2 Å². The van der Waals surface area contributed by atoms with E-state index < -0.39 is 5.41 Å². The molecule has 35 heavy (non-hydrogen) atoms. The molecule has 0 amide bonds. The van der Waals surface area contributed by atoms with E-state index in [1.165, 1.54) is 5.56 Å². The Morgan fingerprint density at radius 1 is 0.971 bits per heavy atom. The van der Waals surface area contributed by atoms with E-state index in [1.54, 1.807) is 12.1 Å². The maximum Gasteiger partial charge on any atom is 0.119 e. The molecular weight excluding hydrogens is 434 g/mol. The van der Waals surface area contributed by atoms with E-state index in [0.29, 0.717) is 24.7 Å². The van der Waals surface area contributed by atoms with Crippen molar-refractivity contribution in [2.24, 2.45) is 11.8 Å². The third kappa shape index (κ3) is 5.69. The summed E-state index contributed by atoms with van der Waals surface area (Å²) in [5, 5.41) is 19.7. The molecule has 2 aliphatic rings. The molecule has 0 radical (unpaired) electrons. The minimum atomic E-state index is -0.484. The van der Waals surface area contributed by atoms with Crippen LogP contribution in [0.3, 0.4) is 0 Å². The average Bonchev–Trinajstić information content (AvgIpc) is 3.38. The Kier molecular flexibility index (Phi) is 8.80. The summed E-state index contributed by atoms with van der Waals surface area (Å²) in [6.45, 7) is 6.47. The molecule has 0 spiro atoms. The van der Waals surface area contributed by atoms with Gasteiger partial charge in [-0.1, -0.05) is 36.8 Å². The van der Waals surface area contributed by atoms with Crippen molar-refractivity contribution in [3.05, 3.63) is 65.7 Å². The normalized spacial score (nSPS) is 22.7. The van der Waals surface area contributed by atoms with E-state index in [9.17, 15) is 5.26 Å². The van der Waals surface area contributed by atoms with Gasteiger partial charge in [0.2, 0.25) is 0 Å². The van der Waals surface area contributed by atoms with Crippen LogP contribution < -0.4 is 4.74 Å². The van der Waals surface area contributed by atoms with Gasteiger partial charge in [0.25, 0.3) is 0 Å². The summed E-state index contributed by atoms with van der Waals surface area (Å²) in [4.78, 5) is 2.51. The second-order valence-corrected chi connectivity index (χ2v) is 9.83. The van der Waals surface area contributed by atoms with E-state index in [4.69, 9.17) is 14.7 Å². The highest BCUT2D eigenvalue weighted by Gasteiger charge is 2.52. The molecule has 1 aliphatic carbocycles. The summed E-state index contributed by atoms with van der Waals surface area (Å²) in [6, 6.07) is 22.8. The second-order valence-electron chi connectivity index (χ2n) is 9.83. The molecule has 3 atom stereocenters. The van der Waals surface area contributed by atoms with Crippen LogP contribution in [-0.4, -0.2) is 43.9 Å². The largest absolute Gasteiger partial charge is 0.494 e. The van der Waals surface area contributed by atoms with Gasteiger partial charge in [0.1, 0.15) is 5.75 Å². The van der Waals surface area contributed by atoms with E-state index >= 15 is 0 Å². The first-order valence-electron chi connectivity index (χ1n) is 13.1. The predicted octanol–water partition coefficient (Wildman–Crippen LogP) is 5.71. The van der Waals surface area contributed by atoms with E-state index in [-0.39, 0.29) is 12.0 Å². The zero-order valence-corrected chi connectivity index (χ0v) is 20.9. The van der Waals surface area contributed by atoms with Crippen LogP contribution in [0.1, 0.15) is 56.6 Å². The SMILES string of the molecule is CCO[C@H]1CCC[C@@H]1C(C#N)(c1ccccc1)C1CCN(CCCOc2ccc(C#N)cc2)CC1. The van der Waals surface area contributed by atoms with Crippen molar-refractivity contribution in [1.82, 2.24) is 4.90 Å². The minimum Gasteiger partial charge on any atom is -0.494 e. The van der Waals surface area contributed by atoms with Crippen LogP contribution >= 0.6 is 0 Å². The van der Waals surface area contributed by atoms with Crippen molar-refractivity contribution in [1.29, 1.82) is 10.5 Å². The molecule has 2 aromatic rings. The molecule has 1 saturated heterocycles. The van der Waals surface area contributed by atoms with Gasteiger partial charge in [0.15, 0.2) is 0 Å². The first kappa shape index (κ1) is 25.2. The Morgan fingerprint density at radius 2 is 1.71 bits per heavy atom. The number of hydrogen-bond donors (Lipinski definition) is 0. The van der Waals surface area contributed by atoms with Crippen LogP contribution in [0, 0.1) is 34.5 Å². The topological polar surface area (TPSA) is 69.3 Å². The molecular formula is C30H37N3O2. The molecule has 0 bridgehead atoms. The van der Waals surface area contributed by atoms with Gasteiger partial charge in [-0.15, -0.1) is 0 Å². The lowest BCUT2D eigenvalue weighted by molar-refractivity contribution is -0.00198. The fourth-order valence-electron chi connectivity index (χ4n) is 6.28. The van der Waals surface area contributed by atoms with Crippen molar-refractivity contribution in [2.75, 3.05) is 32.8 Å². The molecule has 0 N–H and O–H groups in total. The number of nitriles is 2. The van der Waals surface area contributed by atoms with Crippen LogP contribution in [0.2, 0.25) is 0 Å². The highest BCUT2D eigenvalue weighted by molar-refractivity contribution is 5.37. The Hall–Kier alpha value is -2.86. The Balaban J connectivity index is 1.36. The lowest BCUT2D eigenvalue weighted by atomic mass is 9.59. The van der Waals surface area contributed by atoms with Gasteiger partial charge in [-0.05, 0) is 87.9 Å². The number of rotatable bonds is 10. The molecule has 1 unspecified atom stereocenters. The van der Waals surface area contributed by atoms with Crippen molar-refractivity contribution in [3.8, 4) is 17.9 Å². The summed E-state index contributed by atoms with van der Waals surface area (Å²) in [7, 11) is 0. The third-order valence-electron chi connectivity index (χ3n) is 7.96. The number of benzene rings is 2. The Labute approximate surface area is 210 Å². The number of hydrogen-bond acceptors (Lipinski definition) is 5. The summed E-state index contributed by atoms with van der Waals surface area (Å²) in [6.07, 6.45) is 6.48. The number of piperidine rings is 1. The Morgan fingerprint density at radius 3 is 2.37 bits per heavy atom. The molecule has 0 aromatic heterocycles. The fraction of sp³-hybridized carbons (Fsp3) is 0.533. The molecule has 5 heteroatoms. The first-order valence-corrected chi connectivity index (χ1v) is 13.1. The highest BCUT2D eigenvalue weighted by atomic mass is 16.5. The molecule has 4 rings (SSSR count). The summed E-state index contributed by atoms with van der Waals surface area (Å²) < 4.78 is 12.0. The van der Waals surface area contributed by atoms with Gasteiger partial charge < -0.3 is 14.4 Å². The Bertz CT molecular complexity index is 1000. The van der Waals surface area contributed by atoms with Crippen LogP contribution in [0.25, 0.3) is 0 Å². The summed E-state index contributed by atoms with van der Waals surface area (Å²) in [5.74, 6) is 1.41. The first-order chi connectivity index (χ1) is 17.2. The maximum atomic E-state index is 10.8. The monoisotopic (exact) mass is 471 g/mol. The maximum absolute atomic E-state index is 10.8. The molecule has 184 valence electrons. The van der Waals surface area contributed by atoms with Crippen molar-refractivity contribution < 1.29 is 9.47 Å². The zero-order chi connectivity index (χ0) is 24.5. The standard InChI is InChI=1S/C30H37N3O2/c1-2-34-29-11-6-10-28(29)30(23-32,25-8-4-3-5-9-25)26-16-19-33(20-17-26)18-7-21-35-27-14-12-24(22-31)13-15-27/h3-5,8-9,12-15,26,28-29H,2,6-7,10-11,16-21H2,1H3/t28-,29-,30?/m0/s1. The third-order valence-corrected chi connectivity index (χ3v) is 7.96. The predicted molar refractivity (Wildman–Crippen MR) is 137 cm³/mol. The minimum absolute atomic E-state index is 0.178.